The number of ether oxygens (including phenoxy) is 6. The van der Waals surface area contributed by atoms with Gasteiger partial charge in [0.2, 0.25) is 0 Å². The number of esters is 3. The normalized spacial score (nSPS) is 44.0. The number of aliphatic hydroxyl groups is 1. The zero-order valence-corrected chi connectivity index (χ0v) is 25.0. The number of allylic oxidation sites excluding steroid dienone is 2. The monoisotopic (exact) mass is 586 g/mol. The highest BCUT2D eigenvalue weighted by Gasteiger charge is 2.83. The first-order valence-corrected chi connectivity index (χ1v) is 14.8. The molecule has 2 saturated heterocycles. The minimum Gasteiger partial charge on any atom is -0.463 e. The summed E-state index contributed by atoms with van der Waals surface area (Å²) in [5.74, 6) is -1.38. The van der Waals surface area contributed by atoms with E-state index in [1.807, 2.05) is 19.9 Å². The summed E-state index contributed by atoms with van der Waals surface area (Å²) in [5.41, 5.74) is -0.452. The Bertz CT molecular complexity index is 1210. The number of cyclic esters (lactones) is 1. The fraction of sp³-hybridized carbons (Fsp3) is 0.656. The number of aliphatic hydroxyl groups excluding tert-OH is 1. The third kappa shape index (κ3) is 5.38. The van der Waals surface area contributed by atoms with E-state index in [9.17, 15) is 19.5 Å². The second-order valence-corrected chi connectivity index (χ2v) is 12.4. The molecule has 10 heteroatoms. The molecule has 3 fully saturated rings. The van der Waals surface area contributed by atoms with Crippen LogP contribution in [0.15, 0.2) is 47.6 Å². The third-order valence-electron chi connectivity index (χ3n) is 9.94. The maximum atomic E-state index is 13.1. The van der Waals surface area contributed by atoms with Gasteiger partial charge in [0.25, 0.3) is 0 Å². The van der Waals surface area contributed by atoms with Crippen molar-refractivity contribution in [3.8, 4) is 0 Å². The first kappa shape index (κ1) is 30.7. The quantitative estimate of drug-likeness (QED) is 0.223. The smallest absolute Gasteiger partial charge is 0.331 e. The van der Waals surface area contributed by atoms with Crippen LogP contribution in [-0.2, 0) is 42.8 Å². The maximum absolute atomic E-state index is 13.1. The molecule has 1 saturated carbocycles. The van der Waals surface area contributed by atoms with Crippen LogP contribution in [0, 0.1) is 10.8 Å². The molecule has 5 rings (SSSR count). The third-order valence-corrected chi connectivity index (χ3v) is 9.94. The average Bonchev–Trinajstić information content (AvgIpc) is 3.68. The summed E-state index contributed by atoms with van der Waals surface area (Å²) in [6.07, 6.45) is 8.33. The van der Waals surface area contributed by atoms with Gasteiger partial charge in [-0.05, 0) is 45.6 Å². The molecule has 0 amide bonds. The van der Waals surface area contributed by atoms with Crippen LogP contribution in [-0.4, -0.2) is 85.1 Å². The summed E-state index contributed by atoms with van der Waals surface area (Å²) in [6.45, 7) is 9.66. The zero-order valence-electron chi connectivity index (χ0n) is 25.0. The van der Waals surface area contributed by atoms with Crippen LogP contribution in [0.5, 0.6) is 0 Å². The van der Waals surface area contributed by atoms with E-state index in [0.717, 1.165) is 11.1 Å². The highest BCUT2D eigenvalue weighted by molar-refractivity contribution is 5.83. The number of rotatable bonds is 2. The van der Waals surface area contributed by atoms with Gasteiger partial charge in [-0.2, -0.15) is 0 Å². The number of carbonyl (C=O) groups excluding carboxylic acids is 3. The summed E-state index contributed by atoms with van der Waals surface area (Å²) in [6, 6.07) is 0. The predicted molar refractivity (Wildman–Crippen MR) is 150 cm³/mol. The van der Waals surface area contributed by atoms with Crippen LogP contribution < -0.4 is 0 Å². The highest BCUT2D eigenvalue weighted by Crippen LogP contribution is 2.73. The van der Waals surface area contributed by atoms with Gasteiger partial charge >= 0.3 is 17.9 Å². The lowest BCUT2D eigenvalue weighted by Crippen LogP contribution is -2.66. The minimum absolute atomic E-state index is 0.0869. The van der Waals surface area contributed by atoms with E-state index < -0.39 is 58.8 Å². The van der Waals surface area contributed by atoms with Crippen LogP contribution in [0.3, 0.4) is 0 Å². The van der Waals surface area contributed by atoms with Crippen molar-refractivity contribution in [2.75, 3.05) is 19.8 Å². The van der Waals surface area contributed by atoms with Crippen LogP contribution in [0.2, 0.25) is 0 Å². The summed E-state index contributed by atoms with van der Waals surface area (Å²) in [4.78, 5) is 38.0. The lowest BCUT2D eigenvalue weighted by Gasteiger charge is -2.59. The van der Waals surface area contributed by atoms with Gasteiger partial charge in [0.1, 0.15) is 23.9 Å². The molecule has 2 spiro atoms. The molecular formula is C32H42O10. The molecule has 9 atom stereocenters. The SMILES string of the molecule is CC(=O)O[C@H]1C[C@@]23CCOC(=O)/C=C(\C)CCO[C@@H]([C@@H](C)O)/C=C/C=C\C(=O)O[C@@H]4C[C@@H](O[C@@H]2C=C1C)[C@@]1(CO1)[C@]43C. The first-order chi connectivity index (χ1) is 19.9. The van der Waals surface area contributed by atoms with Gasteiger partial charge in [-0.15, -0.1) is 0 Å². The van der Waals surface area contributed by atoms with Crippen LogP contribution >= 0.6 is 0 Å². The number of carbonyl (C=O) groups is 3. The van der Waals surface area contributed by atoms with Gasteiger partial charge < -0.3 is 33.5 Å². The van der Waals surface area contributed by atoms with E-state index >= 15 is 0 Å². The van der Waals surface area contributed by atoms with Gasteiger partial charge in [-0.25, -0.2) is 9.59 Å². The Balaban J connectivity index is 1.53. The van der Waals surface area contributed by atoms with Crippen LogP contribution in [0.1, 0.15) is 60.3 Å². The van der Waals surface area contributed by atoms with E-state index in [4.69, 9.17) is 28.4 Å². The van der Waals surface area contributed by atoms with E-state index in [-0.39, 0.29) is 25.4 Å². The van der Waals surface area contributed by atoms with E-state index in [0.29, 0.717) is 32.3 Å². The molecule has 0 aromatic heterocycles. The minimum atomic E-state index is -0.773. The lowest BCUT2D eigenvalue weighted by molar-refractivity contribution is -0.230. The second-order valence-electron chi connectivity index (χ2n) is 12.4. The van der Waals surface area contributed by atoms with Gasteiger partial charge in [0.15, 0.2) is 0 Å². The molecule has 0 aromatic rings. The number of hydrogen-bond acceptors (Lipinski definition) is 10. The van der Waals surface area contributed by atoms with Crippen LogP contribution in [0.4, 0.5) is 0 Å². The Morgan fingerprint density at radius 3 is 2.60 bits per heavy atom. The fourth-order valence-electron chi connectivity index (χ4n) is 7.52. The van der Waals surface area contributed by atoms with Crippen molar-refractivity contribution in [3.05, 3.63) is 47.6 Å². The Morgan fingerprint density at radius 2 is 1.90 bits per heavy atom. The van der Waals surface area contributed by atoms with Crippen molar-refractivity contribution in [2.45, 2.75) is 103 Å². The molecule has 230 valence electrons. The molecule has 5 aliphatic rings. The van der Waals surface area contributed by atoms with Gasteiger partial charge in [-0.3, -0.25) is 4.79 Å². The summed E-state index contributed by atoms with van der Waals surface area (Å²) in [7, 11) is 0. The van der Waals surface area contributed by atoms with Crippen molar-refractivity contribution in [2.24, 2.45) is 10.8 Å². The van der Waals surface area contributed by atoms with E-state index in [1.54, 1.807) is 25.2 Å². The topological polar surface area (TPSA) is 130 Å². The van der Waals surface area contributed by atoms with Crippen LogP contribution in [0.25, 0.3) is 0 Å². The molecule has 2 bridgehead atoms. The van der Waals surface area contributed by atoms with E-state index in [2.05, 4.69) is 6.92 Å². The van der Waals surface area contributed by atoms with Crippen molar-refractivity contribution >= 4 is 17.9 Å². The zero-order chi connectivity index (χ0) is 30.3. The Labute approximate surface area is 246 Å². The van der Waals surface area contributed by atoms with Gasteiger partial charge in [-0.1, -0.05) is 36.8 Å². The lowest BCUT2D eigenvalue weighted by atomic mass is 9.49. The van der Waals surface area contributed by atoms with Gasteiger partial charge in [0.05, 0.1) is 38.1 Å². The molecule has 3 heterocycles. The standard InChI is InChI=1S/C32H42O10/c1-19-10-12-37-23(21(3)33)8-6-7-9-28(35)42-25-16-27-32(18-39-32)30(25,5)31(11-13-38-29(36)14-19)17-24(40-22(4)34)20(2)15-26(31)41-27/h6-9,14-15,21,23-27,33H,10-13,16-18H2,1-5H3/b8-6+,9-7-,19-14+/t21-,23-,24+,25-,26-,27-,30-,31+,32+/m1/s1. The molecule has 2 aliphatic carbocycles. The van der Waals surface area contributed by atoms with Crippen molar-refractivity contribution < 1.29 is 47.9 Å². The Morgan fingerprint density at radius 1 is 1.14 bits per heavy atom. The van der Waals surface area contributed by atoms with Gasteiger partial charge in [0, 0.05) is 36.3 Å². The summed E-state index contributed by atoms with van der Waals surface area (Å²) >= 11 is 0. The van der Waals surface area contributed by atoms with Crippen molar-refractivity contribution in [1.82, 2.24) is 0 Å². The molecule has 10 nitrogen and oxygen atoms in total. The Hall–Kier alpha value is -2.79. The van der Waals surface area contributed by atoms with Crippen molar-refractivity contribution in [1.29, 1.82) is 0 Å². The molecule has 0 aromatic carbocycles. The Kier molecular flexibility index (Phi) is 8.55. The molecule has 1 N–H and O–H groups in total. The first-order valence-electron chi connectivity index (χ1n) is 14.8. The molecule has 42 heavy (non-hydrogen) atoms. The molecule has 0 radical (unpaired) electrons. The highest BCUT2D eigenvalue weighted by atomic mass is 16.6. The summed E-state index contributed by atoms with van der Waals surface area (Å²) < 4.78 is 36.3. The second kappa shape index (κ2) is 11.7. The van der Waals surface area contributed by atoms with E-state index in [1.165, 1.54) is 19.1 Å². The summed E-state index contributed by atoms with van der Waals surface area (Å²) in [5, 5.41) is 10.1. The number of hydrogen-bond donors (Lipinski definition) is 1. The largest absolute Gasteiger partial charge is 0.463 e. The molecule has 0 unspecified atom stereocenters. The number of epoxide rings is 1. The molecular weight excluding hydrogens is 544 g/mol. The molecule has 3 aliphatic heterocycles. The average molecular weight is 587 g/mol. The fourth-order valence-corrected chi connectivity index (χ4v) is 7.52. The maximum Gasteiger partial charge on any atom is 0.331 e. The predicted octanol–water partition coefficient (Wildman–Crippen LogP) is 3.27. The van der Waals surface area contributed by atoms with Crippen molar-refractivity contribution in [3.63, 3.8) is 0 Å².